The lowest BCUT2D eigenvalue weighted by Crippen LogP contribution is -2.51. The zero-order valence-corrected chi connectivity index (χ0v) is 12.0. The minimum atomic E-state index is -0.388. The van der Waals surface area contributed by atoms with E-state index < -0.39 is 0 Å². The molecule has 2 saturated heterocycles. The number of para-hydroxylation sites is 1. The summed E-state index contributed by atoms with van der Waals surface area (Å²) in [6.45, 7) is 1.54. The Balaban J connectivity index is 1.60. The highest BCUT2D eigenvalue weighted by molar-refractivity contribution is 6.01. The number of anilines is 1. The zero-order chi connectivity index (χ0) is 14.7. The van der Waals surface area contributed by atoms with Crippen LogP contribution in [0.1, 0.15) is 25.7 Å². The molecule has 21 heavy (non-hydrogen) atoms. The molecule has 3 rings (SSSR count). The molecule has 0 saturated carbocycles. The highest BCUT2D eigenvalue weighted by Gasteiger charge is 2.34. The number of carbonyl (C=O) groups is 2. The van der Waals surface area contributed by atoms with E-state index in [0.717, 1.165) is 31.5 Å². The third kappa shape index (κ3) is 3.08. The smallest absolute Gasteiger partial charge is 0.249 e. The van der Waals surface area contributed by atoms with Gasteiger partial charge in [-0.2, -0.15) is 0 Å². The molecule has 0 bridgehead atoms. The minimum absolute atomic E-state index is 0.00893. The van der Waals surface area contributed by atoms with Crippen LogP contribution in [0.2, 0.25) is 0 Å². The maximum Gasteiger partial charge on any atom is 0.249 e. The molecule has 2 aliphatic heterocycles. The predicted octanol–water partition coefficient (Wildman–Crippen LogP) is 1.05. The van der Waals surface area contributed by atoms with Crippen molar-refractivity contribution in [3.05, 3.63) is 30.3 Å². The Bertz CT molecular complexity index is 512. The first kappa shape index (κ1) is 14.1. The number of amides is 2. The molecule has 1 aromatic rings. The highest BCUT2D eigenvalue weighted by atomic mass is 16.2. The van der Waals surface area contributed by atoms with Gasteiger partial charge in [0.15, 0.2) is 0 Å². The topological polar surface area (TPSA) is 61.4 Å². The number of rotatable bonds is 3. The lowest BCUT2D eigenvalue weighted by molar-refractivity contribution is -0.128. The fourth-order valence-corrected chi connectivity index (χ4v) is 3.03. The Hall–Kier alpha value is -1.88. The van der Waals surface area contributed by atoms with E-state index in [4.69, 9.17) is 0 Å². The Labute approximate surface area is 124 Å². The van der Waals surface area contributed by atoms with E-state index in [2.05, 4.69) is 10.6 Å². The molecular formula is C16H21N3O2. The Kier molecular flexibility index (Phi) is 4.20. The lowest BCUT2D eigenvalue weighted by atomic mass is 10.0. The van der Waals surface area contributed by atoms with Crippen LogP contribution in [0, 0.1) is 0 Å². The number of nitrogens with zero attached hydrogens (tertiary/aromatic N) is 1. The zero-order valence-electron chi connectivity index (χ0n) is 12.0. The van der Waals surface area contributed by atoms with Gasteiger partial charge >= 0.3 is 0 Å². The standard InChI is InChI=1S/C16H21N3O2/c20-15(13-8-4-5-10-17-13)18-14-9-11-19(16(14)21)12-6-2-1-3-7-12/h1-3,6-7,13-14,17H,4-5,8-11H2,(H,18,20). The summed E-state index contributed by atoms with van der Waals surface area (Å²) in [5.74, 6) is -0.0479. The van der Waals surface area contributed by atoms with Gasteiger partial charge in [0.05, 0.1) is 6.04 Å². The van der Waals surface area contributed by atoms with Crippen LogP contribution in [0.15, 0.2) is 30.3 Å². The summed E-state index contributed by atoms with van der Waals surface area (Å²) >= 11 is 0. The second-order valence-electron chi connectivity index (χ2n) is 5.68. The summed E-state index contributed by atoms with van der Waals surface area (Å²) in [7, 11) is 0. The first-order valence-electron chi connectivity index (χ1n) is 7.66. The average Bonchev–Trinajstić information content (AvgIpc) is 2.90. The molecule has 2 aliphatic rings. The van der Waals surface area contributed by atoms with Crippen molar-refractivity contribution >= 4 is 17.5 Å². The molecule has 2 N–H and O–H groups in total. The van der Waals surface area contributed by atoms with Crippen LogP contribution >= 0.6 is 0 Å². The molecule has 112 valence electrons. The second-order valence-corrected chi connectivity index (χ2v) is 5.68. The summed E-state index contributed by atoms with van der Waals surface area (Å²) in [4.78, 5) is 26.4. The van der Waals surface area contributed by atoms with Gasteiger partial charge in [-0.3, -0.25) is 9.59 Å². The summed E-state index contributed by atoms with van der Waals surface area (Å²) < 4.78 is 0. The fraction of sp³-hybridized carbons (Fsp3) is 0.500. The molecule has 1 aromatic carbocycles. The van der Waals surface area contributed by atoms with Crippen molar-refractivity contribution in [3.63, 3.8) is 0 Å². The van der Waals surface area contributed by atoms with Crippen molar-refractivity contribution in [2.24, 2.45) is 0 Å². The van der Waals surface area contributed by atoms with Gasteiger partial charge in [-0.1, -0.05) is 24.6 Å². The van der Waals surface area contributed by atoms with Gasteiger partial charge in [0.2, 0.25) is 11.8 Å². The van der Waals surface area contributed by atoms with Crippen LogP contribution in [0.25, 0.3) is 0 Å². The molecule has 5 nitrogen and oxygen atoms in total. The molecule has 0 aliphatic carbocycles. The Morgan fingerprint density at radius 1 is 1.19 bits per heavy atom. The SMILES string of the molecule is O=C(NC1CCN(c2ccccc2)C1=O)C1CCCCN1. The van der Waals surface area contributed by atoms with Crippen molar-refractivity contribution < 1.29 is 9.59 Å². The van der Waals surface area contributed by atoms with Gasteiger partial charge in [0.25, 0.3) is 0 Å². The van der Waals surface area contributed by atoms with E-state index in [1.807, 2.05) is 30.3 Å². The normalized spacial score (nSPS) is 25.9. The van der Waals surface area contributed by atoms with E-state index in [1.165, 1.54) is 0 Å². The van der Waals surface area contributed by atoms with E-state index in [0.29, 0.717) is 13.0 Å². The number of piperidine rings is 1. The lowest BCUT2D eigenvalue weighted by Gasteiger charge is -2.24. The third-order valence-electron chi connectivity index (χ3n) is 4.22. The molecular weight excluding hydrogens is 266 g/mol. The Morgan fingerprint density at radius 3 is 2.71 bits per heavy atom. The number of hydrogen-bond acceptors (Lipinski definition) is 3. The van der Waals surface area contributed by atoms with Crippen LogP contribution in [0.5, 0.6) is 0 Å². The number of carbonyl (C=O) groups excluding carboxylic acids is 2. The number of hydrogen-bond donors (Lipinski definition) is 2. The van der Waals surface area contributed by atoms with Crippen LogP contribution < -0.4 is 15.5 Å². The number of nitrogens with one attached hydrogen (secondary N) is 2. The van der Waals surface area contributed by atoms with Crippen LogP contribution in [0.3, 0.4) is 0 Å². The summed E-state index contributed by atoms with van der Waals surface area (Å²) in [6, 6.07) is 9.08. The second kappa shape index (κ2) is 6.26. The van der Waals surface area contributed by atoms with Gasteiger partial charge < -0.3 is 15.5 Å². The van der Waals surface area contributed by atoms with Crippen molar-refractivity contribution in [3.8, 4) is 0 Å². The van der Waals surface area contributed by atoms with Crippen molar-refractivity contribution in [2.45, 2.75) is 37.8 Å². The molecule has 2 unspecified atom stereocenters. The first-order chi connectivity index (χ1) is 10.3. The highest BCUT2D eigenvalue weighted by Crippen LogP contribution is 2.21. The van der Waals surface area contributed by atoms with Crippen molar-refractivity contribution in [2.75, 3.05) is 18.0 Å². The predicted molar refractivity (Wildman–Crippen MR) is 81.0 cm³/mol. The van der Waals surface area contributed by atoms with E-state index >= 15 is 0 Å². The van der Waals surface area contributed by atoms with Crippen LogP contribution in [-0.2, 0) is 9.59 Å². The molecule has 2 atom stereocenters. The van der Waals surface area contributed by atoms with E-state index in [-0.39, 0.29) is 23.9 Å². The summed E-state index contributed by atoms with van der Waals surface area (Å²) in [5, 5.41) is 6.12. The summed E-state index contributed by atoms with van der Waals surface area (Å²) in [5.41, 5.74) is 0.898. The molecule has 2 heterocycles. The van der Waals surface area contributed by atoms with Crippen molar-refractivity contribution in [1.82, 2.24) is 10.6 Å². The monoisotopic (exact) mass is 287 g/mol. The average molecular weight is 287 g/mol. The maximum absolute atomic E-state index is 12.4. The fourth-order valence-electron chi connectivity index (χ4n) is 3.03. The summed E-state index contributed by atoms with van der Waals surface area (Å²) in [6.07, 6.45) is 3.72. The van der Waals surface area contributed by atoms with Gasteiger partial charge in [-0.15, -0.1) is 0 Å². The molecule has 0 radical (unpaired) electrons. The molecule has 0 aromatic heterocycles. The van der Waals surface area contributed by atoms with Crippen LogP contribution in [-0.4, -0.2) is 37.0 Å². The molecule has 2 amide bonds. The maximum atomic E-state index is 12.4. The third-order valence-corrected chi connectivity index (χ3v) is 4.22. The van der Waals surface area contributed by atoms with E-state index in [1.54, 1.807) is 4.90 Å². The van der Waals surface area contributed by atoms with Crippen molar-refractivity contribution in [1.29, 1.82) is 0 Å². The Morgan fingerprint density at radius 2 is 2.00 bits per heavy atom. The number of benzene rings is 1. The van der Waals surface area contributed by atoms with Gasteiger partial charge in [0, 0.05) is 12.2 Å². The van der Waals surface area contributed by atoms with Gasteiger partial charge in [0.1, 0.15) is 6.04 Å². The largest absolute Gasteiger partial charge is 0.343 e. The van der Waals surface area contributed by atoms with Gasteiger partial charge in [-0.25, -0.2) is 0 Å². The molecule has 2 fully saturated rings. The van der Waals surface area contributed by atoms with Gasteiger partial charge in [-0.05, 0) is 37.9 Å². The quantitative estimate of drug-likeness (QED) is 0.873. The molecule has 0 spiro atoms. The minimum Gasteiger partial charge on any atom is -0.343 e. The van der Waals surface area contributed by atoms with E-state index in [9.17, 15) is 9.59 Å². The molecule has 5 heteroatoms. The first-order valence-corrected chi connectivity index (χ1v) is 7.66. The van der Waals surface area contributed by atoms with Crippen LogP contribution in [0.4, 0.5) is 5.69 Å².